The molecule has 63 heavy (non-hydrogen) atoms. The summed E-state index contributed by atoms with van der Waals surface area (Å²) in [4.78, 5) is 7.33. The zero-order valence-corrected chi connectivity index (χ0v) is 38.1. The maximum atomic E-state index is 5.00. The van der Waals surface area contributed by atoms with E-state index >= 15 is 0 Å². The van der Waals surface area contributed by atoms with Crippen molar-refractivity contribution in [1.29, 1.82) is 0 Å². The first-order valence-electron chi connectivity index (χ1n) is 22.4. The molecular formula is C59H60BN3. The summed E-state index contributed by atoms with van der Waals surface area (Å²) in [6, 6.07) is 37.7. The van der Waals surface area contributed by atoms with Gasteiger partial charge in [-0.3, -0.25) is 0 Å². The first kappa shape index (κ1) is 42.9. The Hall–Kier alpha value is -6.78. The first-order valence-corrected chi connectivity index (χ1v) is 22.4. The largest absolute Gasteiger partial charge is 0.336 e. The van der Waals surface area contributed by atoms with E-state index in [1.165, 1.54) is 38.8 Å². The SMILES string of the molecule is C=C(C)C(/C=C\C)=C(\C=C/C)N(c1ccccc1)c1ccc2c(c1)N(c1ccccc1)C1=CC=CC3C=C1B2/C(=C/C=C(\C)c1ccc(C(C)(C)C)cc1)C(=C)N3C1=CC=CCC1. The van der Waals surface area contributed by atoms with Crippen LogP contribution in [0.4, 0.5) is 22.7 Å². The number of nitrogens with zero attached hydrogens (tertiary/aromatic N) is 3. The molecule has 4 aliphatic rings. The molecule has 0 amide bonds. The van der Waals surface area contributed by atoms with E-state index < -0.39 is 0 Å². The van der Waals surface area contributed by atoms with Gasteiger partial charge in [0.2, 0.25) is 6.71 Å². The smallest absolute Gasteiger partial charge is 0.249 e. The molecule has 2 bridgehead atoms. The average Bonchev–Trinajstić information content (AvgIpc) is 3.57. The molecule has 0 N–H and O–H groups in total. The van der Waals surface area contributed by atoms with Gasteiger partial charge >= 0.3 is 0 Å². The van der Waals surface area contributed by atoms with Crippen LogP contribution in [0.15, 0.2) is 240 Å². The Morgan fingerprint density at radius 3 is 2.19 bits per heavy atom. The van der Waals surface area contributed by atoms with Crippen LogP contribution in [0.25, 0.3) is 5.57 Å². The van der Waals surface area contributed by atoms with Crippen LogP contribution in [0.5, 0.6) is 0 Å². The minimum Gasteiger partial charge on any atom is -0.336 e. The average molecular weight is 822 g/mol. The topological polar surface area (TPSA) is 9.72 Å². The summed E-state index contributed by atoms with van der Waals surface area (Å²) in [5.74, 6) is 0. The molecule has 2 aliphatic heterocycles. The van der Waals surface area contributed by atoms with Gasteiger partial charge in [0.1, 0.15) is 0 Å². The van der Waals surface area contributed by atoms with Gasteiger partial charge in [-0.15, -0.1) is 0 Å². The summed E-state index contributed by atoms with van der Waals surface area (Å²) in [5.41, 5.74) is 18.6. The third kappa shape index (κ3) is 8.56. The van der Waals surface area contributed by atoms with E-state index in [0.29, 0.717) is 0 Å². The minimum atomic E-state index is -0.0862. The van der Waals surface area contributed by atoms with Gasteiger partial charge in [0.15, 0.2) is 0 Å². The summed E-state index contributed by atoms with van der Waals surface area (Å²) in [6.45, 7) is 24.6. The Bertz CT molecular complexity index is 2720. The second-order valence-corrected chi connectivity index (χ2v) is 17.9. The van der Waals surface area contributed by atoms with Crippen LogP contribution in [-0.4, -0.2) is 17.7 Å². The predicted molar refractivity (Wildman–Crippen MR) is 274 cm³/mol. The fourth-order valence-corrected chi connectivity index (χ4v) is 9.32. The van der Waals surface area contributed by atoms with E-state index in [-0.39, 0.29) is 18.2 Å². The zero-order chi connectivity index (χ0) is 44.3. The highest BCUT2D eigenvalue weighted by molar-refractivity contribution is 6.89. The molecule has 0 radical (unpaired) electrons. The van der Waals surface area contributed by atoms with Crippen molar-refractivity contribution >= 4 is 40.5 Å². The van der Waals surface area contributed by atoms with Crippen molar-refractivity contribution in [3.63, 3.8) is 0 Å². The number of anilines is 4. The maximum Gasteiger partial charge on any atom is 0.249 e. The molecule has 314 valence electrons. The van der Waals surface area contributed by atoms with Crippen molar-refractivity contribution < 1.29 is 0 Å². The van der Waals surface area contributed by atoms with Crippen molar-refractivity contribution in [3.05, 3.63) is 251 Å². The van der Waals surface area contributed by atoms with E-state index in [0.717, 1.165) is 63.8 Å². The second-order valence-electron chi connectivity index (χ2n) is 17.9. The fourth-order valence-electron chi connectivity index (χ4n) is 9.32. The Labute approximate surface area is 377 Å². The first-order chi connectivity index (χ1) is 30.5. The van der Waals surface area contributed by atoms with Crippen molar-refractivity contribution in [1.82, 2.24) is 4.90 Å². The van der Waals surface area contributed by atoms with Crippen LogP contribution in [0.3, 0.4) is 0 Å². The number of benzene rings is 4. The highest BCUT2D eigenvalue weighted by Gasteiger charge is 2.44. The van der Waals surface area contributed by atoms with Crippen molar-refractivity contribution in [3.8, 4) is 0 Å². The van der Waals surface area contributed by atoms with Crippen LogP contribution in [0, 0.1) is 0 Å². The predicted octanol–water partition coefficient (Wildman–Crippen LogP) is 14.9. The van der Waals surface area contributed by atoms with Crippen LogP contribution in [0.1, 0.15) is 72.4 Å². The van der Waals surface area contributed by atoms with Gasteiger partial charge in [0, 0.05) is 45.4 Å². The lowest BCUT2D eigenvalue weighted by molar-refractivity contribution is 0.405. The van der Waals surface area contributed by atoms with Crippen LogP contribution >= 0.6 is 0 Å². The molecule has 0 saturated carbocycles. The van der Waals surface area contributed by atoms with Crippen molar-refractivity contribution in [2.45, 2.75) is 72.8 Å². The lowest BCUT2D eigenvalue weighted by Gasteiger charge is -2.40. The molecule has 0 aromatic heterocycles. The molecule has 3 nitrogen and oxygen atoms in total. The number of para-hydroxylation sites is 2. The molecule has 0 spiro atoms. The highest BCUT2D eigenvalue weighted by Crippen LogP contribution is 2.46. The quantitative estimate of drug-likeness (QED) is 0.117. The Kier molecular flexibility index (Phi) is 12.5. The van der Waals surface area contributed by atoms with E-state index in [4.69, 9.17) is 6.58 Å². The second kappa shape index (κ2) is 18.3. The molecule has 2 heterocycles. The number of hydrogen-bond donors (Lipinski definition) is 0. The molecule has 4 aromatic rings. The normalized spacial score (nSPS) is 18.5. The minimum absolute atomic E-state index is 0.00449. The van der Waals surface area contributed by atoms with Gasteiger partial charge in [0.05, 0.1) is 11.7 Å². The molecule has 8 rings (SSSR count). The Morgan fingerprint density at radius 1 is 0.825 bits per heavy atom. The molecule has 1 unspecified atom stereocenters. The van der Waals surface area contributed by atoms with Crippen LogP contribution in [-0.2, 0) is 5.41 Å². The fraction of sp³-hybridized carbons (Fsp3) is 0.186. The van der Waals surface area contributed by atoms with E-state index in [9.17, 15) is 0 Å². The van der Waals surface area contributed by atoms with Gasteiger partial charge in [-0.05, 0) is 139 Å². The summed E-state index contributed by atoms with van der Waals surface area (Å²) in [5, 5.41) is 0. The van der Waals surface area contributed by atoms with E-state index in [1.807, 2.05) is 0 Å². The summed E-state index contributed by atoms with van der Waals surface area (Å²) in [7, 11) is 0. The monoisotopic (exact) mass is 821 g/mol. The van der Waals surface area contributed by atoms with Gasteiger partial charge in [-0.25, -0.2) is 0 Å². The standard InChI is InChI=1S/C59H60BN3/c1-10-22-52(42(3)4)56(23-11-2)62(48-26-17-13-18-27-48)51-37-39-54-58(41-51)63(49-28-19-14-20-29-49)57-31-21-30-50-40-55(57)60(54)53(44(6)61(50)47-24-15-12-16-25-47)38-32-43(5)45-33-35-46(36-34-45)59(7,8)9/h10-15,17-24,26-41,50H,3,6,16,25H2,1-2,4-5,7-9H3/b22-10-,23-11-,43-32+,53-38+,56-52+. The Balaban J connectivity index is 1.40. The third-order valence-electron chi connectivity index (χ3n) is 12.5. The number of hydrogen-bond acceptors (Lipinski definition) is 3. The zero-order valence-electron chi connectivity index (χ0n) is 38.1. The van der Waals surface area contributed by atoms with Crippen LogP contribution in [0.2, 0.25) is 0 Å². The molecule has 4 aromatic carbocycles. The lowest BCUT2D eigenvalue weighted by Crippen LogP contribution is -2.46. The van der Waals surface area contributed by atoms with Gasteiger partial charge in [-0.2, -0.15) is 0 Å². The Morgan fingerprint density at radius 2 is 1.54 bits per heavy atom. The van der Waals surface area contributed by atoms with Gasteiger partial charge in [-0.1, -0.05) is 161 Å². The summed E-state index contributed by atoms with van der Waals surface area (Å²) in [6.07, 6.45) is 31.4. The van der Waals surface area contributed by atoms with E-state index in [1.54, 1.807) is 0 Å². The van der Waals surface area contributed by atoms with Crippen molar-refractivity contribution in [2.24, 2.45) is 0 Å². The number of rotatable bonds is 10. The lowest BCUT2D eigenvalue weighted by atomic mass is 9.33. The number of fused-ring (bicyclic) bond motifs is 3. The third-order valence-corrected chi connectivity index (χ3v) is 12.5. The molecule has 4 heteroatoms. The molecular weight excluding hydrogens is 761 g/mol. The highest BCUT2D eigenvalue weighted by atomic mass is 15.2. The molecule has 1 atom stereocenters. The van der Waals surface area contributed by atoms with E-state index in [2.05, 4.69) is 252 Å². The maximum absolute atomic E-state index is 5.00. The molecule has 0 saturated heterocycles. The summed E-state index contributed by atoms with van der Waals surface area (Å²) < 4.78 is 0. The molecule has 2 aliphatic carbocycles. The summed E-state index contributed by atoms with van der Waals surface area (Å²) >= 11 is 0. The van der Waals surface area contributed by atoms with Crippen molar-refractivity contribution in [2.75, 3.05) is 9.80 Å². The van der Waals surface area contributed by atoms with Gasteiger partial charge in [0.25, 0.3) is 0 Å². The number of allylic oxidation sites excluding steroid dienone is 17. The van der Waals surface area contributed by atoms with Gasteiger partial charge < -0.3 is 14.7 Å². The molecule has 0 fully saturated rings. The van der Waals surface area contributed by atoms with Crippen LogP contribution < -0.4 is 15.3 Å².